The highest BCUT2D eigenvalue weighted by Gasteiger charge is 2.31. The molecule has 46 heavy (non-hydrogen) atoms. The third kappa shape index (κ3) is 5.53. The molecule has 4 aromatic carbocycles. The fraction of sp³-hybridized carbons (Fsp3) is 0.0556. The van der Waals surface area contributed by atoms with Gasteiger partial charge in [-0.2, -0.15) is 26.3 Å². The van der Waals surface area contributed by atoms with Crippen LogP contribution in [0.25, 0.3) is 73.4 Å². The van der Waals surface area contributed by atoms with Gasteiger partial charge >= 0.3 is 12.4 Å². The zero-order valence-corrected chi connectivity index (χ0v) is 26.6. The largest absolute Gasteiger partial charge is 0.416 e. The van der Waals surface area contributed by atoms with Crippen LogP contribution in [-0.2, 0) is 12.4 Å². The van der Waals surface area contributed by atoms with Crippen molar-refractivity contribution in [1.82, 2.24) is 0 Å². The van der Waals surface area contributed by atoms with E-state index in [0.717, 1.165) is 95.2 Å². The Balaban J connectivity index is 1.02. The Bertz CT molecular complexity index is 2160. The molecule has 10 heteroatoms. The van der Waals surface area contributed by atoms with E-state index in [9.17, 15) is 26.3 Å². The maximum Gasteiger partial charge on any atom is 0.416 e. The first-order chi connectivity index (χ1) is 22.0. The Morgan fingerprint density at radius 1 is 0.391 bits per heavy atom. The van der Waals surface area contributed by atoms with E-state index in [-0.39, 0.29) is 0 Å². The van der Waals surface area contributed by atoms with Crippen LogP contribution in [-0.4, -0.2) is 0 Å². The molecular formula is C36H18F6S4. The van der Waals surface area contributed by atoms with Gasteiger partial charge in [0.05, 0.1) is 11.1 Å². The molecule has 228 valence electrons. The zero-order valence-electron chi connectivity index (χ0n) is 23.3. The number of fused-ring (bicyclic) bond motifs is 4. The molecule has 8 aromatic rings. The number of benzene rings is 4. The van der Waals surface area contributed by atoms with Crippen molar-refractivity contribution in [2.75, 3.05) is 0 Å². The molecule has 0 atom stereocenters. The summed E-state index contributed by atoms with van der Waals surface area (Å²) in [5, 5.41) is 4.38. The quantitative estimate of drug-likeness (QED) is 0.161. The molecule has 0 aliphatic rings. The van der Waals surface area contributed by atoms with Crippen molar-refractivity contribution < 1.29 is 26.3 Å². The van der Waals surface area contributed by atoms with Crippen molar-refractivity contribution >= 4 is 97.8 Å². The van der Waals surface area contributed by atoms with Crippen molar-refractivity contribution in [2.45, 2.75) is 12.4 Å². The molecule has 0 spiro atoms. The van der Waals surface area contributed by atoms with Crippen molar-refractivity contribution in [2.24, 2.45) is 0 Å². The van der Waals surface area contributed by atoms with E-state index in [1.807, 2.05) is 12.1 Å². The van der Waals surface area contributed by atoms with Gasteiger partial charge in [0.2, 0.25) is 0 Å². The van der Waals surface area contributed by atoms with Crippen molar-refractivity contribution in [1.29, 1.82) is 0 Å². The molecule has 4 heterocycles. The maximum atomic E-state index is 13.0. The number of hydrogen-bond acceptors (Lipinski definition) is 4. The van der Waals surface area contributed by atoms with Gasteiger partial charge in [0, 0.05) is 38.3 Å². The van der Waals surface area contributed by atoms with Crippen LogP contribution in [0.2, 0.25) is 0 Å². The summed E-state index contributed by atoms with van der Waals surface area (Å²) in [4.78, 5) is 4.11. The SMILES string of the molecule is FC(F)(F)c1ccc(-c2cc3cc4sc(/C=C/c5cc6cc7sc(-c8ccc(C(F)(F)F)cc8)cc7cc6s5)cc4cc3s2)cc1. The number of thiophene rings is 4. The van der Waals surface area contributed by atoms with Crippen LogP contribution in [0.1, 0.15) is 20.9 Å². The summed E-state index contributed by atoms with van der Waals surface area (Å²) < 4.78 is 82.2. The fourth-order valence-corrected chi connectivity index (χ4v) is 9.64. The summed E-state index contributed by atoms with van der Waals surface area (Å²) in [5.41, 5.74) is 0.234. The predicted molar refractivity (Wildman–Crippen MR) is 184 cm³/mol. The average Bonchev–Trinajstić information content (AvgIpc) is 3.80. The molecule has 0 saturated carbocycles. The van der Waals surface area contributed by atoms with Crippen LogP contribution in [0, 0.1) is 0 Å². The molecule has 0 aliphatic heterocycles. The van der Waals surface area contributed by atoms with Gasteiger partial charge < -0.3 is 0 Å². The first-order valence-electron chi connectivity index (χ1n) is 13.9. The van der Waals surface area contributed by atoms with E-state index in [1.54, 1.807) is 45.3 Å². The molecule has 4 aromatic heterocycles. The van der Waals surface area contributed by atoms with Gasteiger partial charge in [0.15, 0.2) is 0 Å². The van der Waals surface area contributed by atoms with Gasteiger partial charge in [-0.05, 0) is 118 Å². The number of alkyl halides is 6. The lowest BCUT2D eigenvalue weighted by atomic mass is 10.1. The third-order valence-electron chi connectivity index (χ3n) is 7.75. The minimum Gasteiger partial charge on any atom is -0.166 e. The topological polar surface area (TPSA) is 0 Å². The number of hydrogen-bond donors (Lipinski definition) is 0. The minimum absolute atomic E-state index is 0.651. The van der Waals surface area contributed by atoms with Crippen LogP contribution >= 0.6 is 45.3 Å². The first-order valence-corrected chi connectivity index (χ1v) is 17.2. The molecule has 0 bridgehead atoms. The lowest BCUT2D eigenvalue weighted by Crippen LogP contribution is -2.03. The van der Waals surface area contributed by atoms with Gasteiger partial charge in [0.1, 0.15) is 0 Å². The normalized spacial score (nSPS) is 12.9. The molecule has 0 amide bonds. The van der Waals surface area contributed by atoms with E-state index in [0.29, 0.717) is 0 Å². The average molecular weight is 693 g/mol. The van der Waals surface area contributed by atoms with Gasteiger partial charge in [-0.1, -0.05) is 24.3 Å². The molecule has 0 saturated heterocycles. The first kappa shape index (κ1) is 29.4. The Morgan fingerprint density at radius 3 is 1.07 bits per heavy atom. The minimum atomic E-state index is -4.35. The highest BCUT2D eigenvalue weighted by Crippen LogP contribution is 2.41. The van der Waals surface area contributed by atoms with Crippen molar-refractivity contribution in [3.05, 3.63) is 118 Å². The summed E-state index contributed by atoms with van der Waals surface area (Å²) in [6.45, 7) is 0. The highest BCUT2D eigenvalue weighted by molar-refractivity contribution is 7.23. The van der Waals surface area contributed by atoms with Crippen LogP contribution < -0.4 is 0 Å². The van der Waals surface area contributed by atoms with E-state index in [4.69, 9.17) is 0 Å². The highest BCUT2D eigenvalue weighted by atomic mass is 32.1. The third-order valence-corrected chi connectivity index (χ3v) is 12.2. The molecule has 0 radical (unpaired) electrons. The monoisotopic (exact) mass is 692 g/mol. The Morgan fingerprint density at radius 2 is 0.717 bits per heavy atom. The lowest BCUT2D eigenvalue weighted by Gasteiger charge is -2.06. The van der Waals surface area contributed by atoms with Gasteiger partial charge in [0.25, 0.3) is 0 Å². The number of halogens is 6. The standard InChI is InChI=1S/C36H18F6S4/c37-35(38,39)25-5-1-19(2-6-25)29-15-23-17-31-21(13-33(23)45-29)11-27(43-31)9-10-28-12-22-14-34-24(18-32(22)44-28)16-30(46-34)20-3-7-26(8-4-20)36(40,41)42/h1-18H/b10-9+. The second kappa shape index (κ2) is 10.8. The van der Waals surface area contributed by atoms with Crippen molar-refractivity contribution in [3.63, 3.8) is 0 Å². The lowest BCUT2D eigenvalue weighted by molar-refractivity contribution is -0.138. The summed E-state index contributed by atoms with van der Waals surface area (Å²) in [7, 11) is 0. The Labute approximate surface area is 274 Å². The molecule has 0 N–H and O–H groups in total. The molecule has 8 rings (SSSR count). The number of rotatable bonds is 4. The van der Waals surface area contributed by atoms with Crippen LogP contribution in [0.4, 0.5) is 26.3 Å². The second-order valence-electron chi connectivity index (χ2n) is 10.9. The molecule has 0 aliphatic carbocycles. The van der Waals surface area contributed by atoms with E-state index >= 15 is 0 Å². The molecule has 0 nitrogen and oxygen atoms in total. The molecule has 0 unspecified atom stereocenters. The van der Waals surface area contributed by atoms with Gasteiger partial charge in [-0.15, -0.1) is 45.3 Å². The van der Waals surface area contributed by atoms with Crippen LogP contribution in [0.15, 0.2) is 97.1 Å². The summed E-state index contributed by atoms with van der Waals surface area (Å²) in [5.74, 6) is 0. The van der Waals surface area contributed by atoms with Crippen LogP contribution in [0.3, 0.4) is 0 Å². The van der Waals surface area contributed by atoms with Gasteiger partial charge in [-0.3, -0.25) is 0 Å². The molecule has 0 fully saturated rings. The van der Waals surface area contributed by atoms with Crippen molar-refractivity contribution in [3.8, 4) is 20.9 Å². The summed E-state index contributed by atoms with van der Waals surface area (Å²) in [6.07, 6.45) is -4.47. The predicted octanol–water partition coefficient (Wildman–Crippen LogP) is 14.1. The smallest absolute Gasteiger partial charge is 0.166 e. The van der Waals surface area contributed by atoms with E-state index < -0.39 is 23.5 Å². The summed E-state index contributed by atoms with van der Waals surface area (Å²) >= 11 is 6.52. The van der Waals surface area contributed by atoms with Crippen LogP contribution in [0.5, 0.6) is 0 Å². The Kier molecular flexibility index (Phi) is 6.91. The van der Waals surface area contributed by atoms with E-state index in [2.05, 4.69) is 48.6 Å². The second-order valence-corrected chi connectivity index (χ2v) is 15.3. The summed E-state index contributed by atoms with van der Waals surface area (Å²) in [6, 6.07) is 27.5. The Hall–Kier alpha value is -3.96. The van der Waals surface area contributed by atoms with E-state index in [1.165, 1.54) is 24.3 Å². The van der Waals surface area contributed by atoms with Gasteiger partial charge in [-0.25, -0.2) is 0 Å². The fourth-order valence-electron chi connectivity index (χ4n) is 5.45. The zero-order chi connectivity index (χ0) is 31.8. The maximum absolute atomic E-state index is 13.0. The molecular weight excluding hydrogens is 675 g/mol.